The van der Waals surface area contributed by atoms with Gasteiger partial charge < -0.3 is 15.6 Å². The average molecular weight is 470 g/mol. The van der Waals surface area contributed by atoms with E-state index in [4.69, 9.17) is 0 Å². The van der Waals surface area contributed by atoms with Crippen LogP contribution in [0.5, 0.6) is 0 Å². The molecule has 0 aliphatic rings. The summed E-state index contributed by atoms with van der Waals surface area (Å²) in [4.78, 5) is 32.7. The second-order valence-electron chi connectivity index (χ2n) is 7.65. The molecule has 2 heterocycles. The molecule has 0 saturated carbocycles. The van der Waals surface area contributed by atoms with Crippen molar-refractivity contribution in [3.63, 3.8) is 0 Å². The Hall–Kier alpha value is -4.09. The van der Waals surface area contributed by atoms with Crippen LogP contribution in [0.15, 0.2) is 71.9 Å². The molecule has 0 bridgehead atoms. The number of hydrogen-bond acceptors (Lipinski definition) is 5. The van der Waals surface area contributed by atoms with Crippen molar-refractivity contribution in [2.24, 2.45) is 0 Å². The second-order valence-corrected chi connectivity index (χ2v) is 8.62. The van der Waals surface area contributed by atoms with Gasteiger partial charge in [0.25, 0.3) is 5.91 Å². The lowest BCUT2D eigenvalue weighted by Crippen LogP contribution is -2.27. The van der Waals surface area contributed by atoms with Gasteiger partial charge in [0, 0.05) is 29.3 Å². The molecule has 0 aliphatic carbocycles. The van der Waals surface area contributed by atoms with E-state index in [-0.39, 0.29) is 23.1 Å². The highest BCUT2D eigenvalue weighted by molar-refractivity contribution is 8.00. The average Bonchev–Trinajstić information content (AvgIpc) is 3.26. The minimum atomic E-state index is -0.334. The highest BCUT2D eigenvalue weighted by Crippen LogP contribution is 2.23. The Labute approximate surface area is 201 Å². The van der Waals surface area contributed by atoms with Crippen molar-refractivity contribution in [1.82, 2.24) is 15.3 Å². The molecule has 0 atom stereocenters. The van der Waals surface area contributed by atoms with Gasteiger partial charge >= 0.3 is 0 Å². The SMILES string of the molecule is Cc1nc(SCC(=O)NCCc2c[nH]c3ccccc23)c(C#N)cc1C(=O)Nc1ccccc1. The van der Waals surface area contributed by atoms with Crippen LogP contribution in [0.1, 0.15) is 27.2 Å². The van der Waals surface area contributed by atoms with Gasteiger partial charge in [-0.15, -0.1) is 0 Å². The number of benzene rings is 2. The molecule has 7 nitrogen and oxygen atoms in total. The summed E-state index contributed by atoms with van der Waals surface area (Å²) in [6.45, 7) is 2.23. The third kappa shape index (κ3) is 5.45. The number of aryl methyl sites for hydroxylation is 1. The number of fused-ring (bicyclic) bond motifs is 1. The Morgan fingerprint density at radius 2 is 1.88 bits per heavy atom. The van der Waals surface area contributed by atoms with Crippen LogP contribution in [0, 0.1) is 18.3 Å². The number of para-hydroxylation sites is 2. The van der Waals surface area contributed by atoms with E-state index in [2.05, 4.69) is 32.7 Å². The molecule has 34 heavy (non-hydrogen) atoms. The van der Waals surface area contributed by atoms with E-state index < -0.39 is 0 Å². The standard InChI is InChI=1S/C26H23N5O2S/c1-17-22(25(33)31-20-7-3-2-4-8-20)13-19(14-27)26(30-17)34-16-24(32)28-12-11-18-15-29-23-10-6-5-9-21(18)23/h2-10,13,15,29H,11-12,16H2,1H3,(H,28,32)(H,31,33). The monoisotopic (exact) mass is 469 g/mol. The Bertz CT molecular complexity index is 1380. The number of thioether (sulfide) groups is 1. The molecule has 4 aromatic rings. The summed E-state index contributed by atoms with van der Waals surface area (Å²) in [7, 11) is 0. The van der Waals surface area contributed by atoms with Gasteiger partial charge in [0.05, 0.1) is 22.6 Å². The maximum Gasteiger partial charge on any atom is 0.257 e. The van der Waals surface area contributed by atoms with Crippen LogP contribution >= 0.6 is 11.8 Å². The normalized spacial score (nSPS) is 10.6. The van der Waals surface area contributed by atoms with Crippen molar-refractivity contribution in [1.29, 1.82) is 5.26 Å². The minimum absolute atomic E-state index is 0.130. The number of rotatable bonds is 8. The molecule has 2 amide bonds. The summed E-state index contributed by atoms with van der Waals surface area (Å²) in [5.41, 5.74) is 3.97. The van der Waals surface area contributed by atoms with Crippen molar-refractivity contribution in [2.75, 3.05) is 17.6 Å². The molecule has 0 aliphatic heterocycles. The van der Waals surface area contributed by atoms with Crippen molar-refractivity contribution in [3.05, 3.63) is 89.2 Å². The summed E-state index contributed by atoms with van der Waals surface area (Å²) in [6, 6.07) is 20.7. The number of nitrogens with one attached hydrogen (secondary N) is 3. The van der Waals surface area contributed by atoms with Crippen LogP contribution in [0.2, 0.25) is 0 Å². The molecule has 0 spiro atoms. The Morgan fingerprint density at radius 1 is 1.12 bits per heavy atom. The lowest BCUT2D eigenvalue weighted by molar-refractivity contribution is -0.118. The van der Waals surface area contributed by atoms with E-state index in [0.29, 0.717) is 34.9 Å². The molecular formula is C26H23N5O2S. The number of carbonyl (C=O) groups is 2. The summed E-state index contributed by atoms with van der Waals surface area (Å²) < 4.78 is 0. The zero-order valence-corrected chi connectivity index (χ0v) is 19.4. The summed E-state index contributed by atoms with van der Waals surface area (Å²) in [6.07, 6.45) is 2.68. The fraction of sp³-hybridized carbons (Fsp3) is 0.154. The summed E-state index contributed by atoms with van der Waals surface area (Å²) in [5, 5.41) is 16.9. The van der Waals surface area contributed by atoms with Gasteiger partial charge in [0.1, 0.15) is 11.1 Å². The third-order valence-electron chi connectivity index (χ3n) is 5.31. The number of anilines is 1. The number of aromatic amines is 1. The Kier molecular flexibility index (Phi) is 7.25. The lowest BCUT2D eigenvalue weighted by Gasteiger charge is -2.10. The van der Waals surface area contributed by atoms with Crippen LogP contribution in [0.3, 0.4) is 0 Å². The smallest absolute Gasteiger partial charge is 0.257 e. The quantitative estimate of drug-likeness (QED) is 0.330. The maximum atomic E-state index is 12.6. The second kappa shape index (κ2) is 10.7. The molecule has 0 unspecified atom stereocenters. The molecule has 2 aromatic carbocycles. The van der Waals surface area contributed by atoms with Crippen LogP contribution < -0.4 is 10.6 Å². The fourth-order valence-electron chi connectivity index (χ4n) is 3.58. The van der Waals surface area contributed by atoms with Gasteiger partial charge in [-0.2, -0.15) is 5.26 Å². The van der Waals surface area contributed by atoms with Gasteiger partial charge in [-0.05, 0) is 43.2 Å². The third-order valence-corrected chi connectivity index (χ3v) is 6.30. The molecule has 2 aromatic heterocycles. The highest BCUT2D eigenvalue weighted by Gasteiger charge is 2.16. The number of pyridine rings is 1. The number of nitrogens with zero attached hydrogens (tertiary/aromatic N) is 2. The van der Waals surface area contributed by atoms with E-state index >= 15 is 0 Å². The summed E-state index contributed by atoms with van der Waals surface area (Å²) >= 11 is 1.19. The van der Waals surface area contributed by atoms with E-state index in [1.165, 1.54) is 17.8 Å². The van der Waals surface area contributed by atoms with Crippen molar-refractivity contribution < 1.29 is 9.59 Å². The number of H-pyrrole nitrogens is 1. The van der Waals surface area contributed by atoms with Gasteiger partial charge in [0.2, 0.25) is 5.91 Å². The minimum Gasteiger partial charge on any atom is -0.361 e. The largest absolute Gasteiger partial charge is 0.361 e. The number of hydrogen-bond donors (Lipinski definition) is 3. The predicted molar refractivity (Wildman–Crippen MR) is 134 cm³/mol. The van der Waals surface area contributed by atoms with E-state index in [1.54, 1.807) is 19.1 Å². The highest BCUT2D eigenvalue weighted by atomic mass is 32.2. The Balaban J connectivity index is 1.34. The van der Waals surface area contributed by atoms with Gasteiger partial charge in [0.15, 0.2) is 0 Å². The van der Waals surface area contributed by atoms with Crippen LogP contribution in [0.25, 0.3) is 10.9 Å². The van der Waals surface area contributed by atoms with Crippen molar-refractivity contribution >= 4 is 40.2 Å². The number of amides is 2. The number of carbonyl (C=O) groups excluding carboxylic acids is 2. The maximum absolute atomic E-state index is 12.6. The van der Waals surface area contributed by atoms with Gasteiger partial charge in [-0.25, -0.2) is 4.98 Å². The van der Waals surface area contributed by atoms with Crippen LogP contribution in [-0.2, 0) is 11.2 Å². The zero-order valence-electron chi connectivity index (χ0n) is 18.6. The zero-order chi connectivity index (χ0) is 23.9. The van der Waals surface area contributed by atoms with E-state index in [0.717, 1.165) is 16.5 Å². The number of aromatic nitrogens is 2. The first-order chi connectivity index (χ1) is 16.5. The topological polar surface area (TPSA) is 111 Å². The first-order valence-electron chi connectivity index (χ1n) is 10.8. The fourth-order valence-corrected chi connectivity index (χ4v) is 4.41. The Morgan fingerprint density at radius 3 is 2.68 bits per heavy atom. The van der Waals surface area contributed by atoms with Crippen molar-refractivity contribution in [3.8, 4) is 6.07 Å². The molecule has 0 fully saturated rings. The summed E-state index contributed by atoms with van der Waals surface area (Å²) in [5.74, 6) is -0.344. The van der Waals surface area contributed by atoms with Gasteiger partial charge in [-0.1, -0.05) is 48.2 Å². The molecule has 3 N–H and O–H groups in total. The van der Waals surface area contributed by atoms with Gasteiger partial charge in [-0.3, -0.25) is 9.59 Å². The first kappa shape index (κ1) is 23.1. The van der Waals surface area contributed by atoms with E-state index in [1.807, 2.05) is 42.6 Å². The molecule has 0 saturated heterocycles. The molecular weight excluding hydrogens is 446 g/mol. The molecule has 170 valence electrons. The first-order valence-corrected chi connectivity index (χ1v) is 11.8. The lowest BCUT2D eigenvalue weighted by atomic mass is 10.1. The van der Waals surface area contributed by atoms with Crippen LogP contribution in [0.4, 0.5) is 5.69 Å². The number of nitriles is 1. The van der Waals surface area contributed by atoms with Crippen molar-refractivity contribution in [2.45, 2.75) is 18.4 Å². The predicted octanol–water partition coefficient (Wildman–Crippen LogP) is 4.45. The molecule has 0 radical (unpaired) electrons. The molecule has 8 heteroatoms. The van der Waals surface area contributed by atoms with Crippen LogP contribution in [-0.4, -0.2) is 34.1 Å². The molecule has 4 rings (SSSR count). The van der Waals surface area contributed by atoms with E-state index in [9.17, 15) is 14.9 Å².